The Morgan fingerprint density at radius 2 is 1.56 bits per heavy atom. The van der Waals surface area contributed by atoms with Gasteiger partial charge in [-0.25, -0.2) is 0 Å². The molecule has 2 aromatic heterocycles. The van der Waals surface area contributed by atoms with E-state index < -0.39 is 0 Å². The summed E-state index contributed by atoms with van der Waals surface area (Å²) in [5.41, 5.74) is 0. The van der Waals surface area contributed by atoms with Gasteiger partial charge in [0.1, 0.15) is 24.2 Å². The minimum absolute atomic E-state index is 0.303. The first-order valence-electron chi connectivity index (χ1n) is 8.01. The Hall–Kier alpha value is -3.16. The van der Waals surface area contributed by atoms with E-state index in [4.69, 9.17) is 8.83 Å². The van der Waals surface area contributed by atoms with Crippen molar-refractivity contribution >= 4 is 25.1 Å². The zero-order valence-corrected chi connectivity index (χ0v) is 14.0. The zero-order valence-electron chi connectivity index (χ0n) is 14.0. The average molecular weight is 340 g/mol. The highest BCUT2D eigenvalue weighted by molar-refractivity contribution is 5.76. The standard InChI is InChI=1S/C17H20N6O2/c1-15-12-22(13-20-18-10-16-4-2-8-24-16)6-7-23(15)14-21-19-11-17-5-3-9-25-17/h2-5,8-11,13-15H,6-7,12H2,1H3/b18-10+,19-11+,20-13+,21-14-/t15-/m1/s1. The molecule has 1 atom stereocenters. The van der Waals surface area contributed by atoms with Crippen molar-refractivity contribution in [3.8, 4) is 0 Å². The molecule has 0 radical (unpaired) electrons. The SMILES string of the molecule is C[C@@H]1CN(/C=N/N=C/c2ccco2)CCN1/C=N\N=C\c1ccco1. The summed E-state index contributed by atoms with van der Waals surface area (Å²) in [6.07, 6.45) is 9.88. The van der Waals surface area contributed by atoms with Crippen molar-refractivity contribution in [3.05, 3.63) is 48.3 Å². The largest absolute Gasteiger partial charge is 0.463 e. The summed E-state index contributed by atoms with van der Waals surface area (Å²) < 4.78 is 10.3. The molecule has 0 N–H and O–H groups in total. The predicted molar refractivity (Wildman–Crippen MR) is 97.3 cm³/mol. The Labute approximate surface area is 145 Å². The molecule has 0 aliphatic carbocycles. The lowest BCUT2D eigenvalue weighted by atomic mass is 10.2. The summed E-state index contributed by atoms with van der Waals surface area (Å²) in [5.74, 6) is 1.36. The van der Waals surface area contributed by atoms with Crippen LogP contribution in [-0.4, -0.2) is 60.6 Å². The summed E-state index contributed by atoms with van der Waals surface area (Å²) in [7, 11) is 0. The van der Waals surface area contributed by atoms with Gasteiger partial charge in [-0.3, -0.25) is 0 Å². The summed E-state index contributed by atoms with van der Waals surface area (Å²) in [6, 6.07) is 7.58. The number of rotatable bonds is 6. The minimum atomic E-state index is 0.303. The van der Waals surface area contributed by atoms with E-state index in [1.807, 2.05) is 24.3 Å². The average Bonchev–Trinajstić information content (AvgIpc) is 3.31. The van der Waals surface area contributed by atoms with Gasteiger partial charge in [-0.05, 0) is 31.2 Å². The molecule has 1 saturated heterocycles. The molecular weight excluding hydrogens is 320 g/mol. The van der Waals surface area contributed by atoms with Crippen molar-refractivity contribution in [1.82, 2.24) is 9.80 Å². The molecule has 1 aliphatic rings. The molecule has 3 heterocycles. The second-order valence-corrected chi connectivity index (χ2v) is 5.56. The predicted octanol–water partition coefficient (Wildman–Crippen LogP) is 2.30. The molecule has 1 aliphatic heterocycles. The van der Waals surface area contributed by atoms with Crippen LogP contribution >= 0.6 is 0 Å². The van der Waals surface area contributed by atoms with Gasteiger partial charge in [-0.1, -0.05) is 0 Å². The van der Waals surface area contributed by atoms with Crippen LogP contribution in [0.15, 0.2) is 66.0 Å². The van der Waals surface area contributed by atoms with Crippen molar-refractivity contribution < 1.29 is 8.83 Å². The van der Waals surface area contributed by atoms with Crippen LogP contribution in [-0.2, 0) is 0 Å². The number of nitrogens with zero attached hydrogens (tertiary/aromatic N) is 6. The third-order valence-electron chi connectivity index (χ3n) is 3.71. The van der Waals surface area contributed by atoms with E-state index in [0.29, 0.717) is 17.6 Å². The highest BCUT2D eigenvalue weighted by Gasteiger charge is 2.19. The van der Waals surface area contributed by atoms with E-state index in [-0.39, 0.29) is 0 Å². The Morgan fingerprint density at radius 3 is 2.12 bits per heavy atom. The van der Waals surface area contributed by atoms with Crippen molar-refractivity contribution in [2.24, 2.45) is 20.4 Å². The zero-order chi connectivity index (χ0) is 17.3. The molecule has 0 saturated carbocycles. The highest BCUT2D eigenvalue weighted by atomic mass is 16.3. The fourth-order valence-electron chi connectivity index (χ4n) is 2.39. The van der Waals surface area contributed by atoms with Crippen LogP contribution in [0.3, 0.4) is 0 Å². The van der Waals surface area contributed by atoms with E-state index in [0.717, 1.165) is 19.6 Å². The molecular formula is C17H20N6O2. The number of hydrogen-bond acceptors (Lipinski definition) is 6. The van der Waals surface area contributed by atoms with Gasteiger partial charge in [0.25, 0.3) is 0 Å². The van der Waals surface area contributed by atoms with Gasteiger partial charge >= 0.3 is 0 Å². The third kappa shape index (κ3) is 5.17. The van der Waals surface area contributed by atoms with E-state index in [1.165, 1.54) is 0 Å². The molecule has 2 aromatic rings. The number of furan rings is 2. The van der Waals surface area contributed by atoms with E-state index >= 15 is 0 Å². The molecule has 8 heteroatoms. The molecule has 3 rings (SSSR count). The fraction of sp³-hybridized carbons (Fsp3) is 0.294. The quantitative estimate of drug-likeness (QED) is 0.459. The minimum Gasteiger partial charge on any atom is -0.463 e. The van der Waals surface area contributed by atoms with Gasteiger partial charge in [0.15, 0.2) is 0 Å². The molecule has 1 fully saturated rings. The maximum Gasteiger partial charge on any atom is 0.146 e. The number of hydrogen-bond donors (Lipinski definition) is 0. The summed E-state index contributed by atoms with van der Waals surface area (Å²) in [4.78, 5) is 4.27. The normalized spacial score (nSPS) is 19.3. The Bertz CT molecular complexity index is 733. The molecule has 0 aromatic carbocycles. The maximum atomic E-state index is 5.16. The second kappa shape index (κ2) is 8.62. The van der Waals surface area contributed by atoms with E-state index in [2.05, 4.69) is 37.1 Å². The fourth-order valence-corrected chi connectivity index (χ4v) is 2.39. The molecule has 8 nitrogen and oxygen atoms in total. The topological polar surface area (TPSA) is 82.2 Å². The first-order valence-corrected chi connectivity index (χ1v) is 8.01. The van der Waals surface area contributed by atoms with Crippen molar-refractivity contribution in [2.45, 2.75) is 13.0 Å². The molecule has 0 amide bonds. The lowest BCUT2D eigenvalue weighted by Gasteiger charge is -2.37. The Balaban J connectivity index is 1.44. The van der Waals surface area contributed by atoms with Crippen molar-refractivity contribution in [1.29, 1.82) is 0 Å². The van der Waals surface area contributed by atoms with E-state index in [9.17, 15) is 0 Å². The second-order valence-electron chi connectivity index (χ2n) is 5.56. The first kappa shape index (κ1) is 16.7. The third-order valence-corrected chi connectivity index (χ3v) is 3.71. The molecule has 0 unspecified atom stereocenters. The van der Waals surface area contributed by atoms with Crippen LogP contribution in [0.5, 0.6) is 0 Å². The Morgan fingerprint density at radius 1 is 0.920 bits per heavy atom. The van der Waals surface area contributed by atoms with Crippen LogP contribution in [0.2, 0.25) is 0 Å². The molecule has 0 spiro atoms. The highest BCUT2D eigenvalue weighted by Crippen LogP contribution is 2.06. The summed E-state index contributed by atoms with van der Waals surface area (Å²) >= 11 is 0. The first-order chi connectivity index (χ1) is 12.3. The maximum absolute atomic E-state index is 5.16. The summed E-state index contributed by atoms with van der Waals surface area (Å²) in [5, 5.41) is 16.1. The van der Waals surface area contributed by atoms with Gasteiger partial charge < -0.3 is 18.6 Å². The van der Waals surface area contributed by atoms with Crippen LogP contribution in [0.4, 0.5) is 0 Å². The van der Waals surface area contributed by atoms with Gasteiger partial charge in [-0.2, -0.15) is 10.2 Å². The van der Waals surface area contributed by atoms with Gasteiger partial charge in [-0.15, -0.1) is 10.2 Å². The van der Waals surface area contributed by atoms with Crippen LogP contribution < -0.4 is 0 Å². The lowest BCUT2D eigenvalue weighted by molar-refractivity contribution is 0.204. The van der Waals surface area contributed by atoms with Gasteiger partial charge in [0.05, 0.1) is 25.0 Å². The molecule has 130 valence electrons. The van der Waals surface area contributed by atoms with Crippen molar-refractivity contribution in [2.75, 3.05) is 19.6 Å². The lowest BCUT2D eigenvalue weighted by Crippen LogP contribution is -2.50. The van der Waals surface area contributed by atoms with Crippen LogP contribution in [0.1, 0.15) is 18.4 Å². The Kier molecular flexibility index (Phi) is 5.76. The summed E-state index contributed by atoms with van der Waals surface area (Å²) in [6.45, 7) is 4.66. The molecule has 0 bridgehead atoms. The molecule has 25 heavy (non-hydrogen) atoms. The van der Waals surface area contributed by atoms with Gasteiger partial charge in [0, 0.05) is 25.7 Å². The van der Waals surface area contributed by atoms with Gasteiger partial charge in [0.2, 0.25) is 0 Å². The van der Waals surface area contributed by atoms with Crippen LogP contribution in [0, 0.1) is 0 Å². The van der Waals surface area contributed by atoms with E-state index in [1.54, 1.807) is 37.6 Å². The monoisotopic (exact) mass is 340 g/mol. The number of piperazine rings is 1. The smallest absolute Gasteiger partial charge is 0.146 e. The van der Waals surface area contributed by atoms with Crippen molar-refractivity contribution in [3.63, 3.8) is 0 Å². The van der Waals surface area contributed by atoms with Crippen LogP contribution in [0.25, 0.3) is 0 Å².